The van der Waals surface area contributed by atoms with Crippen LogP contribution in [0, 0.1) is 5.92 Å². The second kappa shape index (κ2) is 9.13. The fourth-order valence-corrected chi connectivity index (χ4v) is 1.56. The molecular weight excluding hydrogens is 204 g/mol. The van der Waals surface area contributed by atoms with Crippen LogP contribution in [-0.2, 0) is 14.3 Å². The molecule has 0 aromatic heterocycles. The molecule has 1 unspecified atom stereocenters. The van der Waals surface area contributed by atoms with E-state index >= 15 is 0 Å². The molecule has 0 aliphatic heterocycles. The first-order valence-electron chi connectivity index (χ1n) is 5.88. The van der Waals surface area contributed by atoms with Crippen LogP contribution >= 0.6 is 0 Å². The molecule has 0 aliphatic carbocycles. The van der Waals surface area contributed by atoms with E-state index in [1.807, 2.05) is 0 Å². The Bertz CT molecular complexity index is 233. The van der Waals surface area contributed by atoms with Gasteiger partial charge in [0.15, 0.2) is 0 Å². The highest BCUT2D eigenvalue weighted by Crippen LogP contribution is 2.14. The summed E-state index contributed by atoms with van der Waals surface area (Å²) in [6.45, 7) is 5.67. The molecule has 0 bridgehead atoms. The van der Waals surface area contributed by atoms with Crippen molar-refractivity contribution in [3.05, 3.63) is 12.7 Å². The molecule has 0 N–H and O–H groups in total. The summed E-state index contributed by atoms with van der Waals surface area (Å²) in [6, 6.07) is 0. The van der Waals surface area contributed by atoms with E-state index in [9.17, 15) is 9.59 Å². The molecule has 0 aromatic rings. The minimum atomic E-state index is -0.597. The molecule has 0 fully saturated rings. The van der Waals surface area contributed by atoms with E-state index in [-0.39, 0.29) is 5.78 Å². The smallest absolute Gasteiger partial charge is 0.316 e. The molecule has 0 aromatic carbocycles. The lowest BCUT2D eigenvalue weighted by Gasteiger charge is -2.12. The van der Waals surface area contributed by atoms with Gasteiger partial charge in [-0.05, 0) is 19.3 Å². The van der Waals surface area contributed by atoms with Crippen molar-refractivity contribution in [3.63, 3.8) is 0 Å². The second-order valence-corrected chi connectivity index (χ2v) is 3.87. The van der Waals surface area contributed by atoms with E-state index in [0.717, 1.165) is 19.3 Å². The molecule has 0 saturated carbocycles. The average Bonchev–Trinajstić information content (AvgIpc) is 2.29. The van der Waals surface area contributed by atoms with Gasteiger partial charge in [-0.3, -0.25) is 9.59 Å². The Kier molecular flexibility index (Phi) is 8.49. The minimum absolute atomic E-state index is 0.00199. The Hall–Kier alpha value is -1.12. The maximum Gasteiger partial charge on any atom is 0.316 e. The Balaban J connectivity index is 4.20. The van der Waals surface area contributed by atoms with Crippen LogP contribution in [0.5, 0.6) is 0 Å². The third-order valence-electron chi connectivity index (χ3n) is 2.56. The van der Waals surface area contributed by atoms with Gasteiger partial charge in [-0.15, -0.1) is 6.58 Å². The number of carbonyl (C=O) groups excluding carboxylic acids is 2. The van der Waals surface area contributed by atoms with Crippen LogP contribution in [0.1, 0.15) is 45.4 Å². The predicted molar refractivity (Wildman–Crippen MR) is 64.1 cm³/mol. The van der Waals surface area contributed by atoms with Gasteiger partial charge in [-0.2, -0.15) is 0 Å². The van der Waals surface area contributed by atoms with Crippen molar-refractivity contribution in [3.8, 4) is 0 Å². The molecular formula is C13H22O3. The normalized spacial score (nSPS) is 11.9. The maximum absolute atomic E-state index is 11.8. The minimum Gasteiger partial charge on any atom is -0.468 e. The topological polar surface area (TPSA) is 43.4 Å². The fraction of sp³-hybridized carbons (Fsp3) is 0.692. The van der Waals surface area contributed by atoms with Crippen LogP contribution in [0.25, 0.3) is 0 Å². The van der Waals surface area contributed by atoms with Crippen molar-refractivity contribution in [2.45, 2.75) is 45.4 Å². The first-order chi connectivity index (χ1) is 7.67. The third kappa shape index (κ3) is 5.69. The Labute approximate surface area is 97.9 Å². The Morgan fingerprint density at radius 3 is 2.56 bits per heavy atom. The summed E-state index contributed by atoms with van der Waals surface area (Å²) in [6.07, 6.45) is 6.33. The highest BCUT2D eigenvalue weighted by atomic mass is 16.5. The summed E-state index contributed by atoms with van der Waals surface area (Å²) in [5.74, 6) is -1.01. The quantitative estimate of drug-likeness (QED) is 0.263. The van der Waals surface area contributed by atoms with Crippen molar-refractivity contribution in [1.29, 1.82) is 0 Å². The van der Waals surface area contributed by atoms with E-state index in [4.69, 9.17) is 0 Å². The number of ether oxygens (including phenoxy) is 1. The summed E-state index contributed by atoms with van der Waals surface area (Å²) in [4.78, 5) is 23.2. The molecule has 0 amide bonds. The van der Waals surface area contributed by atoms with Crippen molar-refractivity contribution < 1.29 is 14.3 Å². The van der Waals surface area contributed by atoms with E-state index in [1.54, 1.807) is 6.08 Å². The van der Waals surface area contributed by atoms with Crippen molar-refractivity contribution >= 4 is 11.8 Å². The highest BCUT2D eigenvalue weighted by molar-refractivity contribution is 5.98. The summed E-state index contributed by atoms with van der Waals surface area (Å²) < 4.78 is 4.64. The molecule has 0 rings (SSSR count). The average molecular weight is 226 g/mol. The van der Waals surface area contributed by atoms with Gasteiger partial charge in [-0.1, -0.05) is 25.8 Å². The van der Waals surface area contributed by atoms with Crippen molar-refractivity contribution in [2.24, 2.45) is 5.92 Å². The van der Waals surface area contributed by atoms with Crippen LogP contribution in [-0.4, -0.2) is 18.9 Å². The van der Waals surface area contributed by atoms with Crippen molar-refractivity contribution in [1.82, 2.24) is 0 Å². The monoisotopic (exact) mass is 226 g/mol. The molecule has 0 aliphatic rings. The maximum atomic E-state index is 11.8. The van der Waals surface area contributed by atoms with Crippen LogP contribution in [0.4, 0.5) is 0 Å². The largest absolute Gasteiger partial charge is 0.468 e. The van der Waals surface area contributed by atoms with Crippen molar-refractivity contribution in [2.75, 3.05) is 7.11 Å². The molecule has 0 radical (unpaired) electrons. The molecule has 92 valence electrons. The first kappa shape index (κ1) is 14.9. The number of hydrogen-bond acceptors (Lipinski definition) is 3. The summed E-state index contributed by atoms with van der Waals surface area (Å²) in [7, 11) is 1.32. The molecule has 3 heteroatoms. The Morgan fingerprint density at radius 1 is 1.38 bits per heavy atom. The fourth-order valence-electron chi connectivity index (χ4n) is 1.56. The zero-order valence-electron chi connectivity index (χ0n) is 10.3. The molecule has 0 spiro atoms. The first-order valence-corrected chi connectivity index (χ1v) is 5.88. The lowest BCUT2D eigenvalue weighted by atomic mass is 9.94. The number of methoxy groups -OCH3 is 1. The molecule has 1 atom stereocenters. The van der Waals surface area contributed by atoms with Gasteiger partial charge >= 0.3 is 5.97 Å². The van der Waals surface area contributed by atoms with Crippen LogP contribution in [0.15, 0.2) is 12.7 Å². The highest BCUT2D eigenvalue weighted by Gasteiger charge is 2.25. The van der Waals surface area contributed by atoms with Crippen LogP contribution in [0.2, 0.25) is 0 Å². The van der Waals surface area contributed by atoms with Gasteiger partial charge in [0.25, 0.3) is 0 Å². The summed E-state index contributed by atoms with van der Waals surface area (Å²) in [5, 5.41) is 0. The number of carbonyl (C=O) groups is 2. The standard InChI is InChI=1S/C13H22O3/c1-4-6-8-10-12(14)11(9-7-5-2)13(15)16-3/h5,11H,2,4,6-10H2,1,3H3. The second-order valence-electron chi connectivity index (χ2n) is 3.87. The van der Waals surface area contributed by atoms with Gasteiger partial charge in [0, 0.05) is 6.42 Å². The number of hydrogen-bond donors (Lipinski definition) is 0. The molecule has 0 heterocycles. The number of esters is 1. The predicted octanol–water partition coefficient (Wildman–Crippen LogP) is 2.89. The van der Waals surface area contributed by atoms with Crippen LogP contribution in [0.3, 0.4) is 0 Å². The summed E-state index contributed by atoms with van der Waals surface area (Å²) >= 11 is 0. The van der Waals surface area contributed by atoms with Gasteiger partial charge in [0.1, 0.15) is 11.7 Å². The number of rotatable bonds is 9. The molecule has 3 nitrogen and oxygen atoms in total. The van der Waals surface area contributed by atoms with E-state index in [2.05, 4.69) is 18.2 Å². The molecule has 16 heavy (non-hydrogen) atoms. The number of unbranched alkanes of at least 4 members (excludes halogenated alkanes) is 2. The van der Waals surface area contributed by atoms with Crippen LogP contribution < -0.4 is 0 Å². The number of ketones is 1. The number of Topliss-reactive ketones (excluding diaryl/α,β-unsaturated/α-hetero) is 1. The zero-order valence-corrected chi connectivity index (χ0v) is 10.3. The van der Waals surface area contributed by atoms with Gasteiger partial charge < -0.3 is 4.74 Å². The number of allylic oxidation sites excluding steroid dienone is 1. The molecule has 0 saturated heterocycles. The SMILES string of the molecule is C=CCCC(C(=O)CCCCC)C(=O)OC. The lowest BCUT2D eigenvalue weighted by molar-refractivity contribution is -0.149. The zero-order chi connectivity index (χ0) is 12.4. The Morgan fingerprint density at radius 2 is 2.06 bits per heavy atom. The van der Waals surface area contributed by atoms with Gasteiger partial charge in [-0.25, -0.2) is 0 Å². The van der Waals surface area contributed by atoms with E-state index < -0.39 is 11.9 Å². The summed E-state index contributed by atoms with van der Waals surface area (Å²) in [5.41, 5.74) is 0. The van der Waals surface area contributed by atoms with Gasteiger partial charge in [0.2, 0.25) is 0 Å². The lowest BCUT2D eigenvalue weighted by Crippen LogP contribution is -2.25. The van der Waals surface area contributed by atoms with E-state index in [1.165, 1.54) is 7.11 Å². The van der Waals surface area contributed by atoms with E-state index in [0.29, 0.717) is 19.3 Å². The third-order valence-corrected chi connectivity index (χ3v) is 2.56. The van der Waals surface area contributed by atoms with Gasteiger partial charge in [0.05, 0.1) is 7.11 Å².